The first-order chi connectivity index (χ1) is 25.6. The Labute approximate surface area is 305 Å². The van der Waals surface area contributed by atoms with E-state index in [0.29, 0.717) is 13.1 Å². The standard InChI is InChI=1S/C42H48N2O8/c45-37(44-25-23-43-24-26-44)21-22-38(46)47-31-36-39(48-27-32-13-5-1-6-14-32)40(49-28-33-15-7-2-8-16-33)41(50-29-34-17-9-3-10-18-34)42(52-36)51-30-35-19-11-4-12-20-35/h1-20,36,39-43H,21-31H2/t36-,39-,40+,41-,42?/m1/s1. The van der Waals surface area contributed by atoms with Crippen molar-refractivity contribution in [3.8, 4) is 0 Å². The fourth-order valence-corrected chi connectivity index (χ4v) is 6.30. The first-order valence-corrected chi connectivity index (χ1v) is 18.0. The van der Waals surface area contributed by atoms with Crippen molar-refractivity contribution in [3.05, 3.63) is 144 Å². The SMILES string of the molecule is O=C(CCC(=O)N1CCNCC1)OC[C@H]1OC(OCc2ccccc2)[C@H](OCc2ccccc2)[C@@H](OCc2ccccc2)[C@@H]1OCc1ccccc1. The molecule has 2 aliphatic heterocycles. The molecule has 274 valence electrons. The number of carbonyl (C=O) groups excluding carboxylic acids is 2. The maximum atomic E-state index is 13.1. The van der Waals surface area contributed by atoms with Gasteiger partial charge in [-0.3, -0.25) is 9.59 Å². The largest absolute Gasteiger partial charge is 0.463 e. The van der Waals surface area contributed by atoms with E-state index < -0.39 is 36.7 Å². The lowest BCUT2D eigenvalue weighted by Gasteiger charge is -2.45. The van der Waals surface area contributed by atoms with Crippen LogP contribution in [-0.4, -0.2) is 80.3 Å². The molecule has 1 amide bonds. The summed E-state index contributed by atoms with van der Waals surface area (Å²) in [4.78, 5) is 27.6. The second kappa shape index (κ2) is 20.0. The van der Waals surface area contributed by atoms with Crippen molar-refractivity contribution in [2.24, 2.45) is 0 Å². The highest BCUT2D eigenvalue weighted by Gasteiger charge is 2.49. The van der Waals surface area contributed by atoms with E-state index in [0.717, 1.165) is 35.3 Å². The first kappa shape index (κ1) is 37.3. The lowest BCUT2D eigenvalue weighted by atomic mass is 9.97. The number of nitrogens with zero attached hydrogens (tertiary/aromatic N) is 1. The lowest BCUT2D eigenvalue weighted by molar-refractivity contribution is -0.329. The molecule has 2 heterocycles. The molecule has 0 spiro atoms. The Balaban J connectivity index is 1.24. The Morgan fingerprint density at radius 2 is 1.02 bits per heavy atom. The molecule has 0 aromatic heterocycles. The summed E-state index contributed by atoms with van der Waals surface area (Å²) >= 11 is 0. The molecule has 1 unspecified atom stereocenters. The van der Waals surface area contributed by atoms with Gasteiger partial charge in [0.05, 0.1) is 32.8 Å². The third kappa shape index (κ3) is 11.3. The summed E-state index contributed by atoms with van der Waals surface area (Å²) in [7, 11) is 0. The van der Waals surface area contributed by atoms with Crippen LogP contribution in [-0.2, 0) is 64.4 Å². The Hall–Kier alpha value is -4.42. The van der Waals surface area contributed by atoms with Crippen LogP contribution in [0.2, 0.25) is 0 Å². The smallest absolute Gasteiger partial charge is 0.306 e. The van der Waals surface area contributed by atoms with Gasteiger partial charge in [0.15, 0.2) is 6.29 Å². The predicted molar refractivity (Wildman–Crippen MR) is 195 cm³/mol. The topological polar surface area (TPSA) is 105 Å². The molecule has 10 nitrogen and oxygen atoms in total. The van der Waals surface area contributed by atoms with Gasteiger partial charge in [-0.05, 0) is 22.3 Å². The van der Waals surface area contributed by atoms with E-state index in [4.69, 9.17) is 28.4 Å². The average molecular weight is 709 g/mol. The molecule has 5 atom stereocenters. The number of nitrogens with one attached hydrogen (secondary N) is 1. The Bertz CT molecular complexity index is 1620. The van der Waals surface area contributed by atoms with Crippen LogP contribution in [0.3, 0.4) is 0 Å². The number of rotatable bonds is 17. The summed E-state index contributed by atoms with van der Waals surface area (Å²) in [5, 5.41) is 3.24. The van der Waals surface area contributed by atoms with Crippen molar-refractivity contribution in [2.45, 2.75) is 70.0 Å². The fraction of sp³-hybridized carbons (Fsp3) is 0.381. The van der Waals surface area contributed by atoms with Gasteiger partial charge in [0.25, 0.3) is 0 Å². The summed E-state index contributed by atoms with van der Waals surface area (Å²) in [5.74, 6) is -0.543. The van der Waals surface area contributed by atoms with E-state index in [1.165, 1.54) is 0 Å². The van der Waals surface area contributed by atoms with Crippen molar-refractivity contribution in [1.29, 1.82) is 0 Å². The van der Waals surface area contributed by atoms with Gasteiger partial charge >= 0.3 is 5.97 Å². The maximum Gasteiger partial charge on any atom is 0.306 e. The van der Waals surface area contributed by atoms with Crippen LogP contribution in [0.4, 0.5) is 0 Å². The van der Waals surface area contributed by atoms with E-state index in [1.807, 2.05) is 121 Å². The van der Waals surface area contributed by atoms with Gasteiger partial charge in [-0.2, -0.15) is 0 Å². The Morgan fingerprint density at radius 3 is 1.52 bits per heavy atom. The third-order valence-corrected chi connectivity index (χ3v) is 9.13. The van der Waals surface area contributed by atoms with Crippen molar-refractivity contribution in [3.63, 3.8) is 0 Å². The van der Waals surface area contributed by atoms with Gasteiger partial charge in [0.2, 0.25) is 5.91 Å². The van der Waals surface area contributed by atoms with Gasteiger partial charge in [-0.1, -0.05) is 121 Å². The molecule has 4 aromatic carbocycles. The molecule has 10 heteroatoms. The van der Waals surface area contributed by atoms with E-state index >= 15 is 0 Å². The quantitative estimate of drug-likeness (QED) is 0.144. The average Bonchev–Trinajstić information content (AvgIpc) is 3.21. The van der Waals surface area contributed by atoms with Crippen LogP contribution in [0.5, 0.6) is 0 Å². The molecule has 52 heavy (non-hydrogen) atoms. The van der Waals surface area contributed by atoms with Crippen LogP contribution in [0.25, 0.3) is 0 Å². The minimum Gasteiger partial charge on any atom is -0.463 e. The number of piperazine rings is 1. The van der Waals surface area contributed by atoms with Crippen molar-refractivity contribution in [1.82, 2.24) is 10.2 Å². The summed E-state index contributed by atoms with van der Waals surface area (Å²) in [6.45, 7) is 3.74. The lowest BCUT2D eigenvalue weighted by Crippen LogP contribution is -2.61. The van der Waals surface area contributed by atoms with E-state index in [9.17, 15) is 9.59 Å². The second-order valence-corrected chi connectivity index (χ2v) is 12.9. The molecule has 6 rings (SSSR count). The minimum atomic E-state index is -0.890. The minimum absolute atomic E-state index is 0.0320. The molecule has 0 saturated carbocycles. The zero-order chi connectivity index (χ0) is 35.8. The van der Waals surface area contributed by atoms with Gasteiger partial charge < -0.3 is 38.6 Å². The molecular formula is C42H48N2O8. The van der Waals surface area contributed by atoms with Gasteiger partial charge in [0.1, 0.15) is 31.0 Å². The van der Waals surface area contributed by atoms with E-state index in [2.05, 4.69) is 5.32 Å². The Kier molecular flexibility index (Phi) is 14.4. The number of amides is 1. The third-order valence-electron chi connectivity index (χ3n) is 9.13. The zero-order valence-corrected chi connectivity index (χ0v) is 29.4. The normalized spacial score (nSPS) is 21.8. The van der Waals surface area contributed by atoms with Gasteiger partial charge in [-0.25, -0.2) is 0 Å². The highest BCUT2D eigenvalue weighted by atomic mass is 16.7. The number of hydrogen-bond acceptors (Lipinski definition) is 9. The van der Waals surface area contributed by atoms with Crippen molar-refractivity contribution < 1.29 is 38.0 Å². The summed E-state index contributed by atoms with van der Waals surface area (Å²) in [5.41, 5.74) is 3.90. The maximum absolute atomic E-state index is 13.1. The van der Waals surface area contributed by atoms with Crippen molar-refractivity contribution in [2.75, 3.05) is 32.8 Å². The molecule has 0 aliphatic carbocycles. The molecule has 1 N–H and O–H groups in total. The zero-order valence-electron chi connectivity index (χ0n) is 29.4. The van der Waals surface area contributed by atoms with Crippen LogP contribution in [0, 0.1) is 0 Å². The van der Waals surface area contributed by atoms with Crippen molar-refractivity contribution >= 4 is 11.9 Å². The van der Waals surface area contributed by atoms with Crippen LogP contribution in [0.1, 0.15) is 35.1 Å². The fourth-order valence-electron chi connectivity index (χ4n) is 6.30. The molecule has 2 fully saturated rings. The van der Waals surface area contributed by atoms with Crippen LogP contribution in [0.15, 0.2) is 121 Å². The molecule has 0 bridgehead atoms. The summed E-state index contributed by atoms with van der Waals surface area (Å²) in [6.07, 6.45) is -3.71. The van der Waals surface area contributed by atoms with Gasteiger partial charge in [-0.15, -0.1) is 0 Å². The number of ether oxygens (including phenoxy) is 6. The molecule has 0 radical (unpaired) electrons. The molecule has 4 aromatic rings. The Morgan fingerprint density at radius 1 is 0.577 bits per heavy atom. The number of carbonyl (C=O) groups is 2. The first-order valence-electron chi connectivity index (χ1n) is 18.0. The number of esters is 1. The predicted octanol–water partition coefficient (Wildman–Crippen LogP) is 5.44. The highest BCUT2D eigenvalue weighted by Crippen LogP contribution is 2.32. The molecular weight excluding hydrogens is 660 g/mol. The molecule has 2 aliphatic rings. The summed E-state index contributed by atoms with van der Waals surface area (Å²) in [6, 6.07) is 39.5. The number of hydrogen-bond donors (Lipinski definition) is 1. The van der Waals surface area contributed by atoms with E-state index in [1.54, 1.807) is 4.90 Å². The number of benzene rings is 4. The summed E-state index contributed by atoms with van der Waals surface area (Å²) < 4.78 is 38.9. The monoisotopic (exact) mass is 708 g/mol. The van der Waals surface area contributed by atoms with E-state index in [-0.39, 0.29) is 51.8 Å². The molecule has 2 saturated heterocycles. The van der Waals surface area contributed by atoms with Crippen LogP contribution >= 0.6 is 0 Å². The second-order valence-electron chi connectivity index (χ2n) is 12.9. The van der Waals surface area contributed by atoms with Crippen LogP contribution < -0.4 is 5.32 Å². The highest BCUT2D eigenvalue weighted by molar-refractivity contribution is 5.81. The van der Waals surface area contributed by atoms with Gasteiger partial charge in [0, 0.05) is 32.6 Å².